The molecular formula is C16H35N. The van der Waals surface area contributed by atoms with Crippen molar-refractivity contribution in [2.45, 2.75) is 91.5 Å². The van der Waals surface area contributed by atoms with Crippen LogP contribution in [0.25, 0.3) is 0 Å². The van der Waals surface area contributed by atoms with Gasteiger partial charge in [-0.25, -0.2) is 0 Å². The molecule has 0 aromatic carbocycles. The van der Waals surface area contributed by atoms with E-state index in [9.17, 15) is 0 Å². The summed E-state index contributed by atoms with van der Waals surface area (Å²) in [5.74, 6) is 0.911. The maximum Gasteiger partial charge on any atom is 0.00104 e. The SMILES string of the molecule is CCCCCCCCC(CCC)CNC(C)C. The molecule has 1 nitrogen and oxygen atoms in total. The van der Waals surface area contributed by atoms with E-state index in [1.54, 1.807) is 0 Å². The van der Waals surface area contributed by atoms with E-state index in [0.29, 0.717) is 6.04 Å². The first-order valence-electron chi connectivity index (χ1n) is 7.94. The summed E-state index contributed by atoms with van der Waals surface area (Å²) in [4.78, 5) is 0. The summed E-state index contributed by atoms with van der Waals surface area (Å²) in [6.07, 6.45) is 12.7. The second-order valence-electron chi connectivity index (χ2n) is 5.77. The monoisotopic (exact) mass is 241 g/mol. The van der Waals surface area contributed by atoms with Gasteiger partial charge in [0.25, 0.3) is 0 Å². The molecule has 1 unspecified atom stereocenters. The fourth-order valence-corrected chi connectivity index (χ4v) is 2.37. The number of rotatable bonds is 12. The lowest BCUT2D eigenvalue weighted by Crippen LogP contribution is -2.29. The highest BCUT2D eigenvalue weighted by Gasteiger charge is 2.07. The van der Waals surface area contributed by atoms with E-state index < -0.39 is 0 Å². The Hall–Kier alpha value is -0.0400. The number of hydrogen-bond donors (Lipinski definition) is 1. The molecule has 0 rings (SSSR count). The molecule has 0 spiro atoms. The average Bonchev–Trinajstić information content (AvgIpc) is 2.30. The van der Waals surface area contributed by atoms with Gasteiger partial charge in [0.05, 0.1) is 0 Å². The summed E-state index contributed by atoms with van der Waals surface area (Å²) in [6.45, 7) is 10.3. The van der Waals surface area contributed by atoms with Crippen LogP contribution in [0, 0.1) is 5.92 Å². The van der Waals surface area contributed by atoms with E-state index in [2.05, 4.69) is 33.0 Å². The third-order valence-electron chi connectivity index (χ3n) is 3.48. The van der Waals surface area contributed by atoms with Crippen LogP contribution < -0.4 is 5.32 Å². The first-order valence-corrected chi connectivity index (χ1v) is 7.94. The van der Waals surface area contributed by atoms with E-state index in [4.69, 9.17) is 0 Å². The van der Waals surface area contributed by atoms with Crippen molar-refractivity contribution < 1.29 is 0 Å². The molecule has 0 radical (unpaired) electrons. The Morgan fingerprint density at radius 1 is 0.765 bits per heavy atom. The van der Waals surface area contributed by atoms with Crippen molar-refractivity contribution in [1.29, 1.82) is 0 Å². The van der Waals surface area contributed by atoms with Gasteiger partial charge in [-0.3, -0.25) is 0 Å². The van der Waals surface area contributed by atoms with E-state index in [-0.39, 0.29) is 0 Å². The first kappa shape index (κ1) is 17.0. The molecular weight excluding hydrogens is 206 g/mol. The zero-order chi connectivity index (χ0) is 12.9. The zero-order valence-corrected chi connectivity index (χ0v) is 12.7. The second kappa shape index (κ2) is 12.4. The van der Waals surface area contributed by atoms with E-state index >= 15 is 0 Å². The quantitative estimate of drug-likeness (QED) is 0.466. The highest BCUT2D eigenvalue weighted by atomic mass is 14.9. The highest BCUT2D eigenvalue weighted by molar-refractivity contribution is 4.64. The lowest BCUT2D eigenvalue weighted by atomic mass is 9.95. The third-order valence-corrected chi connectivity index (χ3v) is 3.48. The Morgan fingerprint density at radius 3 is 2.00 bits per heavy atom. The minimum Gasteiger partial charge on any atom is -0.314 e. The summed E-state index contributed by atoms with van der Waals surface area (Å²) in [6, 6.07) is 0.638. The Morgan fingerprint density at radius 2 is 1.41 bits per heavy atom. The van der Waals surface area contributed by atoms with E-state index in [1.807, 2.05) is 0 Å². The molecule has 0 aliphatic carbocycles. The summed E-state index contributed by atoms with van der Waals surface area (Å²) >= 11 is 0. The fraction of sp³-hybridized carbons (Fsp3) is 1.00. The van der Waals surface area contributed by atoms with Crippen LogP contribution in [-0.4, -0.2) is 12.6 Å². The van der Waals surface area contributed by atoms with Crippen LogP contribution in [0.4, 0.5) is 0 Å². The van der Waals surface area contributed by atoms with Gasteiger partial charge < -0.3 is 5.32 Å². The van der Waals surface area contributed by atoms with Crippen LogP contribution in [0.5, 0.6) is 0 Å². The topological polar surface area (TPSA) is 12.0 Å². The lowest BCUT2D eigenvalue weighted by Gasteiger charge is -2.18. The molecule has 0 saturated carbocycles. The fourth-order valence-electron chi connectivity index (χ4n) is 2.37. The van der Waals surface area contributed by atoms with Crippen molar-refractivity contribution in [3.63, 3.8) is 0 Å². The van der Waals surface area contributed by atoms with Crippen molar-refractivity contribution in [2.75, 3.05) is 6.54 Å². The Kier molecular flexibility index (Phi) is 12.4. The predicted molar refractivity (Wildman–Crippen MR) is 79.5 cm³/mol. The molecule has 0 aliphatic rings. The predicted octanol–water partition coefficient (Wildman–Crippen LogP) is 5.15. The van der Waals surface area contributed by atoms with Crippen molar-refractivity contribution >= 4 is 0 Å². The highest BCUT2D eigenvalue weighted by Crippen LogP contribution is 2.16. The van der Waals surface area contributed by atoms with E-state index in [0.717, 1.165) is 5.92 Å². The minimum atomic E-state index is 0.638. The largest absolute Gasteiger partial charge is 0.314 e. The Balaban J connectivity index is 3.48. The van der Waals surface area contributed by atoms with Gasteiger partial charge in [0, 0.05) is 6.04 Å². The molecule has 0 heterocycles. The molecule has 0 aromatic rings. The van der Waals surface area contributed by atoms with Gasteiger partial charge in [0.1, 0.15) is 0 Å². The average molecular weight is 241 g/mol. The molecule has 0 aliphatic heterocycles. The van der Waals surface area contributed by atoms with Crippen LogP contribution in [0.1, 0.15) is 85.5 Å². The van der Waals surface area contributed by atoms with Crippen molar-refractivity contribution in [3.05, 3.63) is 0 Å². The molecule has 17 heavy (non-hydrogen) atoms. The molecule has 0 aromatic heterocycles. The first-order chi connectivity index (χ1) is 8.20. The van der Waals surface area contributed by atoms with Gasteiger partial charge in [0.2, 0.25) is 0 Å². The number of hydrogen-bond acceptors (Lipinski definition) is 1. The second-order valence-corrected chi connectivity index (χ2v) is 5.77. The summed E-state index contributed by atoms with van der Waals surface area (Å²) in [5.41, 5.74) is 0. The van der Waals surface area contributed by atoms with Gasteiger partial charge in [-0.2, -0.15) is 0 Å². The summed E-state index contributed by atoms with van der Waals surface area (Å²) in [7, 11) is 0. The number of nitrogens with one attached hydrogen (secondary N) is 1. The van der Waals surface area contributed by atoms with Gasteiger partial charge >= 0.3 is 0 Å². The summed E-state index contributed by atoms with van der Waals surface area (Å²) in [5, 5.41) is 3.59. The van der Waals surface area contributed by atoms with Crippen LogP contribution in [-0.2, 0) is 0 Å². The molecule has 1 N–H and O–H groups in total. The van der Waals surface area contributed by atoms with Gasteiger partial charge in [0.15, 0.2) is 0 Å². The standard InChI is InChI=1S/C16H35N/c1-5-7-8-9-10-11-13-16(12-6-2)14-17-15(3)4/h15-17H,5-14H2,1-4H3. The third kappa shape index (κ3) is 12.2. The molecule has 0 saturated heterocycles. The van der Waals surface area contributed by atoms with Gasteiger partial charge in [-0.05, 0) is 25.3 Å². The van der Waals surface area contributed by atoms with Gasteiger partial charge in [-0.1, -0.05) is 72.6 Å². The molecule has 0 bridgehead atoms. The van der Waals surface area contributed by atoms with Crippen molar-refractivity contribution in [2.24, 2.45) is 5.92 Å². The van der Waals surface area contributed by atoms with Crippen molar-refractivity contribution in [3.8, 4) is 0 Å². The maximum absolute atomic E-state index is 3.59. The molecule has 0 amide bonds. The molecule has 1 atom stereocenters. The zero-order valence-electron chi connectivity index (χ0n) is 12.7. The van der Waals surface area contributed by atoms with Gasteiger partial charge in [-0.15, -0.1) is 0 Å². The van der Waals surface area contributed by atoms with Crippen LogP contribution in [0.2, 0.25) is 0 Å². The molecule has 1 heteroatoms. The minimum absolute atomic E-state index is 0.638. The van der Waals surface area contributed by atoms with E-state index in [1.165, 1.54) is 64.3 Å². The number of unbranched alkanes of at least 4 members (excludes halogenated alkanes) is 5. The normalized spacial score (nSPS) is 13.2. The smallest absolute Gasteiger partial charge is 0.00104 e. The molecule has 104 valence electrons. The Bertz CT molecular complexity index is 142. The van der Waals surface area contributed by atoms with Crippen LogP contribution >= 0.6 is 0 Å². The summed E-state index contributed by atoms with van der Waals surface area (Å²) < 4.78 is 0. The maximum atomic E-state index is 3.59. The lowest BCUT2D eigenvalue weighted by molar-refractivity contribution is 0.381. The van der Waals surface area contributed by atoms with Crippen molar-refractivity contribution in [1.82, 2.24) is 5.32 Å². The van der Waals surface area contributed by atoms with Crippen LogP contribution in [0.3, 0.4) is 0 Å². The van der Waals surface area contributed by atoms with Crippen LogP contribution in [0.15, 0.2) is 0 Å². The Labute approximate surface area is 110 Å². The molecule has 0 fully saturated rings.